The van der Waals surface area contributed by atoms with Gasteiger partial charge in [0.15, 0.2) is 0 Å². The van der Waals surface area contributed by atoms with Gasteiger partial charge in [0.05, 0.1) is 16.9 Å². The van der Waals surface area contributed by atoms with Crippen molar-refractivity contribution in [2.24, 2.45) is 5.92 Å². The van der Waals surface area contributed by atoms with Crippen molar-refractivity contribution in [1.29, 1.82) is 5.26 Å². The lowest BCUT2D eigenvalue weighted by Crippen LogP contribution is -2.21. The van der Waals surface area contributed by atoms with E-state index in [9.17, 15) is 0 Å². The molecule has 1 heterocycles. The standard InChI is InChI=1S/C12H15N3O/c13-6-10-2-1-3-11(12(10)14)15-5-4-9(7-15)8-16/h1-3,9,16H,4-5,7-8,14H2. The fourth-order valence-electron chi connectivity index (χ4n) is 2.13. The first-order valence-corrected chi connectivity index (χ1v) is 5.40. The van der Waals surface area contributed by atoms with Gasteiger partial charge in [0.2, 0.25) is 0 Å². The minimum Gasteiger partial charge on any atom is -0.396 e. The summed E-state index contributed by atoms with van der Waals surface area (Å²) in [4.78, 5) is 2.14. The maximum atomic E-state index is 9.09. The Hall–Kier alpha value is -1.73. The van der Waals surface area contributed by atoms with Crippen LogP contribution in [0.3, 0.4) is 0 Å². The summed E-state index contributed by atoms with van der Waals surface area (Å²) in [5.41, 5.74) is 7.91. The maximum absolute atomic E-state index is 9.09. The zero-order chi connectivity index (χ0) is 11.5. The summed E-state index contributed by atoms with van der Waals surface area (Å²) in [6.07, 6.45) is 0.979. The topological polar surface area (TPSA) is 73.3 Å². The lowest BCUT2D eigenvalue weighted by molar-refractivity contribution is 0.238. The van der Waals surface area contributed by atoms with Crippen LogP contribution in [0.2, 0.25) is 0 Å². The van der Waals surface area contributed by atoms with Crippen molar-refractivity contribution in [2.75, 3.05) is 30.3 Å². The molecular formula is C12H15N3O. The summed E-state index contributed by atoms with van der Waals surface area (Å²) < 4.78 is 0. The lowest BCUT2D eigenvalue weighted by atomic mass is 10.1. The van der Waals surface area contributed by atoms with Crippen LogP contribution in [0.25, 0.3) is 0 Å². The number of nitrogens with two attached hydrogens (primary N) is 1. The molecule has 1 fully saturated rings. The number of nitrogens with zero attached hydrogens (tertiary/aromatic N) is 2. The molecule has 3 N–H and O–H groups in total. The second-order valence-corrected chi connectivity index (χ2v) is 4.13. The highest BCUT2D eigenvalue weighted by Gasteiger charge is 2.23. The highest BCUT2D eigenvalue weighted by atomic mass is 16.3. The maximum Gasteiger partial charge on any atom is 0.101 e. The van der Waals surface area contributed by atoms with Gasteiger partial charge in [0, 0.05) is 25.6 Å². The fourth-order valence-corrected chi connectivity index (χ4v) is 2.13. The molecule has 0 aliphatic carbocycles. The van der Waals surface area contributed by atoms with E-state index in [4.69, 9.17) is 16.1 Å². The Balaban J connectivity index is 2.25. The number of hydrogen-bond donors (Lipinski definition) is 2. The van der Waals surface area contributed by atoms with E-state index in [1.54, 1.807) is 6.07 Å². The van der Waals surface area contributed by atoms with Gasteiger partial charge in [-0.3, -0.25) is 0 Å². The van der Waals surface area contributed by atoms with E-state index in [1.807, 2.05) is 12.1 Å². The molecule has 16 heavy (non-hydrogen) atoms. The Kier molecular flexibility index (Phi) is 2.97. The molecule has 1 aliphatic rings. The molecule has 1 saturated heterocycles. The summed E-state index contributed by atoms with van der Waals surface area (Å²) in [5, 5.41) is 18.0. The van der Waals surface area contributed by atoms with Crippen LogP contribution in [0, 0.1) is 17.2 Å². The van der Waals surface area contributed by atoms with Crippen molar-refractivity contribution < 1.29 is 5.11 Å². The van der Waals surface area contributed by atoms with E-state index >= 15 is 0 Å². The molecule has 1 atom stereocenters. The van der Waals surface area contributed by atoms with Crippen LogP contribution in [-0.2, 0) is 0 Å². The van der Waals surface area contributed by atoms with Gasteiger partial charge in [-0.2, -0.15) is 5.26 Å². The van der Waals surface area contributed by atoms with Gasteiger partial charge in [-0.1, -0.05) is 6.07 Å². The summed E-state index contributed by atoms with van der Waals surface area (Å²) >= 11 is 0. The molecule has 0 radical (unpaired) electrons. The summed E-state index contributed by atoms with van der Waals surface area (Å²) in [5.74, 6) is 0.324. The van der Waals surface area contributed by atoms with Crippen molar-refractivity contribution in [3.8, 4) is 6.07 Å². The normalized spacial score (nSPS) is 19.8. The highest BCUT2D eigenvalue weighted by molar-refractivity contribution is 5.74. The molecule has 0 amide bonds. The monoisotopic (exact) mass is 217 g/mol. The molecule has 1 aliphatic heterocycles. The average Bonchev–Trinajstić information content (AvgIpc) is 2.78. The number of para-hydroxylation sites is 1. The quantitative estimate of drug-likeness (QED) is 0.724. The van der Waals surface area contributed by atoms with Gasteiger partial charge < -0.3 is 15.7 Å². The Labute approximate surface area is 94.9 Å². The third-order valence-corrected chi connectivity index (χ3v) is 3.09. The minimum absolute atomic E-state index is 0.217. The van der Waals surface area contributed by atoms with Crippen molar-refractivity contribution in [3.05, 3.63) is 23.8 Å². The number of nitriles is 1. The van der Waals surface area contributed by atoms with E-state index in [-0.39, 0.29) is 6.61 Å². The van der Waals surface area contributed by atoms with Crippen LogP contribution >= 0.6 is 0 Å². The van der Waals surface area contributed by atoms with Crippen LogP contribution in [0.1, 0.15) is 12.0 Å². The molecule has 0 saturated carbocycles. The molecule has 84 valence electrons. The number of aliphatic hydroxyl groups is 1. The van der Waals surface area contributed by atoms with Crippen molar-refractivity contribution in [3.63, 3.8) is 0 Å². The van der Waals surface area contributed by atoms with Gasteiger partial charge in [-0.15, -0.1) is 0 Å². The first kappa shape index (κ1) is 10.8. The van der Waals surface area contributed by atoms with E-state index in [0.717, 1.165) is 25.2 Å². The van der Waals surface area contributed by atoms with Gasteiger partial charge in [-0.05, 0) is 18.6 Å². The van der Waals surface area contributed by atoms with Crippen LogP contribution in [0.15, 0.2) is 18.2 Å². The first-order chi connectivity index (χ1) is 7.76. The van der Waals surface area contributed by atoms with E-state index < -0.39 is 0 Å². The third-order valence-electron chi connectivity index (χ3n) is 3.09. The molecule has 0 aromatic heterocycles. The van der Waals surface area contributed by atoms with E-state index in [1.165, 1.54) is 0 Å². The SMILES string of the molecule is N#Cc1cccc(N2CCC(CO)C2)c1N. The molecule has 1 aromatic carbocycles. The molecule has 0 bridgehead atoms. The third kappa shape index (κ3) is 1.82. The van der Waals surface area contributed by atoms with Crippen molar-refractivity contribution in [2.45, 2.75) is 6.42 Å². The van der Waals surface area contributed by atoms with Crippen molar-refractivity contribution in [1.82, 2.24) is 0 Å². The smallest absolute Gasteiger partial charge is 0.101 e. The van der Waals surface area contributed by atoms with E-state index in [0.29, 0.717) is 17.2 Å². The number of aliphatic hydroxyl groups excluding tert-OH is 1. The number of nitrogen functional groups attached to an aromatic ring is 1. The van der Waals surface area contributed by atoms with E-state index in [2.05, 4.69) is 11.0 Å². The number of hydrogen-bond acceptors (Lipinski definition) is 4. The molecule has 2 rings (SSSR count). The first-order valence-electron chi connectivity index (χ1n) is 5.40. The highest BCUT2D eigenvalue weighted by Crippen LogP contribution is 2.30. The van der Waals surface area contributed by atoms with Crippen LogP contribution in [-0.4, -0.2) is 24.8 Å². The van der Waals surface area contributed by atoms with Gasteiger partial charge in [-0.25, -0.2) is 0 Å². The molecule has 0 spiro atoms. The van der Waals surface area contributed by atoms with Gasteiger partial charge in [0.25, 0.3) is 0 Å². The summed E-state index contributed by atoms with van der Waals surface area (Å²) in [6, 6.07) is 7.57. The predicted molar refractivity (Wildman–Crippen MR) is 63.0 cm³/mol. The predicted octanol–water partition coefficient (Wildman–Crippen LogP) is 0.959. The number of anilines is 2. The van der Waals surface area contributed by atoms with Crippen LogP contribution in [0.5, 0.6) is 0 Å². The number of benzene rings is 1. The second-order valence-electron chi connectivity index (χ2n) is 4.13. The molecule has 1 unspecified atom stereocenters. The van der Waals surface area contributed by atoms with Crippen LogP contribution < -0.4 is 10.6 Å². The summed E-state index contributed by atoms with van der Waals surface area (Å²) in [6.45, 7) is 1.92. The zero-order valence-corrected chi connectivity index (χ0v) is 9.06. The van der Waals surface area contributed by atoms with Gasteiger partial charge in [0.1, 0.15) is 6.07 Å². The molecular weight excluding hydrogens is 202 g/mol. The molecule has 1 aromatic rings. The van der Waals surface area contributed by atoms with Gasteiger partial charge >= 0.3 is 0 Å². The van der Waals surface area contributed by atoms with Crippen LogP contribution in [0.4, 0.5) is 11.4 Å². The van der Waals surface area contributed by atoms with Crippen molar-refractivity contribution >= 4 is 11.4 Å². The Bertz CT molecular complexity index is 425. The molecule has 4 heteroatoms. The number of rotatable bonds is 2. The fraction of sp³-hybridized carbons (Fsp3) is 0.417. The summed E-state index contributed by atoms with van der Waals surface area (Å²) in [7, 11) is 0. The average molecular weight is 217 g/mol. The Morgan fingerprint density at radius 1 is 1.56 bits per heavy atom. The largest absolute Gasteiger partial charge is 0.396 e. The zero-order valence-electron chi connectivity index (χ0n) is 9.06. The lowest BCUT2D eigenvalue weighted by Gasteiger charge is -2.20. The second kappa shape index (κ2) is 4.42. The Morgan fingerprint density at radius 2 is 2.38 bits per heavy atom. The molecule has 4 nitrogen and oxygen atoms in total. The minimum atomic E-state index is 0.217. The Morgan fingerprint density at radius 3 is 3.00 bits per heavy atom.